The van der Waals surface area contributed by atoms with Crippen molar-refractivity contribution in [1.29, 1.82) is 0 Å². The predicted molar refractivity (Wildman–Crippen MR) is 160 cm³/mol. The van der Waals surface area contributed by atoms with Gasteiger partial charge in [-0.3, -0.25) is 20.0 Å². The van der Waals surface area contributed by atoms with E-state index >= 15 is 0 Å². The van der Waals surface area contributed by atoms with Gasteiger partial charge in [0.1, 0.15) is 11.6 Å². The zero-order valence-electron chi connectivity index (χ0n) is 26.4. The third-order valence-corrected chi connectivity index (χ3v) is 11.6. The Morgan fingerprint density at radius 1 is 1.11 bits per heavy atom. The van der Waals surface area contributed by atoms with Crippen LogP contribution in [-0.4, -0.2) is 64.3 Å². The van der Waals surface area contributed by atoms with Gasteiger partial charge >= 0.3 is 5.97 Å². The van der Waals surface area contributed by atoms with Crippen molar-refractivity contribution in [3.63, 3.8) is 0 Å². The van der Waals surface area contributed by atoms with E-state index in [2.05, 4.69) is 30.4 Å². The predicted octanol–water partition coefficient (Wildman–Crippen LogP) is 3.20. The standard InChI is InChI=1S/C33H45N3O9/c1-19(37)33(41)14-11-25-23-7-6-21-17-22(9-12-31(21,2)24(23)10-13-32(25,33)3)35-45-18-29(39)34-26(30(40)44-4)15-20-5-8-28(38)27(16-20)36(42)43/h5,8,16-17,23-26,38,41-43H,6-7,9-15,18H2,1-4H3,(H,34,39)/p-1. The van der Waals surface area contributed by atoms with Gasteiger partial charge in [-0.05, 0) is 99.2 Å². The molecule has 4 aliphatic carbocycles. The number of ketones is 1. The first-order valence-corrected chi connectivity index (χ1v) is 15.7. The van der Waals surface area contributed by atoms with Crippen LogP contribution >= 0.6 is 0 Å². The lowest BCUT2D eigenvalue weighted by atomic mass is 9.46. The number of Topliss-reactive ketones (excluding diaryl/α,β-unsaturated/α-hetero) is 1. The number of allylic oxidation sites excluding steroid dienone is 2. The van der Waals surface area contributed by atoms with Crippen LogP contribution in [0, 0.1) is 28.6 Å². The quantitative estimate of drug-likeness (QED) is 0.235. The van der Waals surface area contributed by atoms with Gasteiger partial charge in [-0.25, -0.2) is 4.79 Å². The van der Waals surface area contributed by atoms with E-state index in [4.69, 9.17) is 9.57 Å². The van der Waals surface area contributed by atoms with Gasteiger partial charge < -0.3 is 25.1 Å². The fraction of sp³-hybridized carbons (Fsp3) is 0.636. The number of hydrogen-bond acceptors (Lipinski definition) is 11. The molecular weight excluding hydrogens is 582 g/mol. The molecule has 7 unspecified atom stereocenters. The summed E-state index contributed by atoms with van der Waals surface area (Å²) in [4.78, 5) is 42.9. The lowest BCUT2D eigenvalue weighted by molar-refractivity contribution is -0.268. The van der Waals surface area contributed by atoms with Crippen molar-refractivity contribution in [3.8, 4) is 5.75 Å². The molecule has 1 amide bonds. The molecule has 7 atom stereocenters. The van der Waals surface area contributed by atoms with Crippen LogP contribution in [0.2, 0.25) is 0 Å². The first-order valence-electron chi connectivity index (χ1n) is 15.7. The van der Waals surface area contributed by atoms with Crippen LogP contribution in [0.15, 0.2) is 35.0 Å². The van der Waals surface area contributed by atoms with E-state index in [-0.39, 0.29) is 28.3 Å². The Labute approximate surface area is 263 Å². The van der Waals surface area contributed by atoms with E-state index in [1.807, 2.05) is 0 Å². The van der Waals surface area contributed by atoms with Crippen molar-refractivity contribution in [2.75, 3.05) is 18.9 Å². The monoisotopic (exact) mass is 626 g/mol. The topological polar surface area (TPSA) is 181 Å². The van der Waals surface area contributed by atoms with Gasteiger partial charge in [0.25, 0.3) is 5.91 Å². The molecule has 4 aliphatic rings. The number of benzene rings is 1. The van der Waals surface area contributed by atoms with Crippen molar-refractivity contribution in [2.45, 2.75) is 90.2 Å². The van der Waals surface area contributed by atoms with Crippen molar-refractivity contribution in [1.82, 2.24) is 5.32 Å². The number of carbonyl (C=O) groups excluding carboxylic acids is 3. The summed E-state index contributed by atoms with van der Waals surface area (Å²) < 4.78 is 4.81. The Hall–Kier alpha value is -3.48. The molecule has 3 saturated carbocycles. The maximum absolute atomic E-state index is 12.7. The number of carbonyl (C=O) groups is 3. The molecule has 4 N–H and O–H groups in total. The molecule has 12 nitrogen and oxygen atoms in total. The molecule has 0 aliphatic heterocycles. The zero-order chi connectivity index (χ0) is 32.7. The van der Waals surface area contributed by atoms with E-state index in [9.17, 15) is 35.0 Å². The fourth-order valence-electron chi connectivity index (χ4n) is 9.06. The number of anilines is 1. The Kier molecular flexibility index (Phi) is 9.05. The summed E-state index contributed by atoms with van der Waals surface area (Å²) in [7, 11) is 1.18. The highest BCUT2D eigenvalue weighted by molar-refractivity contribution is 5.96. The third kappa shape index (κ3) is 5.83. The molecule has 0 aromatic heterocycles. The average molecular weight is 627 g/mol. The molecule has 0 heterocycles. The number of esters is 1. The van der Waals surface area contributed by atoms with E-state index in [0.717, 1.165) is 50.3 Å². The number of methoxy groups -OCH3 is 1. The second-order valence-electron chi connectivity index (χ2n) is 13.7. The normalized spacial score (nSPS) is 33.6. The third-order valence-electron chi connectivity index (χ3n) is 11.6. The maximum atomic E-state index is 12.7. The molecular formula is C33H44N3O9-. The molecule has 5 rings (SSSR count). The molecule has 1 aromatic rings. The summed E-state index contributed by atoms with van der Waals surface area (Å²) in [6.45, 7) is 5.58. The van der Waals surface area contributed by atoms with Crippen LogP contribution in [0.25, 0.3) is 0 Å². The summed E-state index contributed by atoms with van der Waals surface area (Å²) in [6.07, 6.45) is 8.84. The van der Waals surface area contributed by atoms with Crippen molar-refractivity contribution in [3.05, 3.63) is 35.4 Å². The van der Waals surface area contributed by atoms with Gasteiger partial charge in [-0.1, -0.05) is 42.5 Å². The molecule has 3 fully saturated rings. The van der Waals surface area contributed by atoms with Crippen LogP contribution in [-0.2, 0) is 30.4 Å². The largest absolute Gasteiger partial charge is 0.871 e. The van der Waals surface area contributed by atoms with E-state index < -0.39 is 41.6 Å². The molecule has 0 saturated heterocycles. The number of aliphatic hydroxyl groups is 1. The van der Waals surface area contributed by atoms with Crippen molar-refractivity contribution < 1.29 is 44.6 Å². The van der Waals surface area contributed by atoms with Crippen LogP contribution in [0.3, 0.4) is 0 Å². The summed E-state index contributed by atoms with van der Waals surface area (Å²) in [6, 6.07) is 2.65. The molecule has 1 aromatic carbocycles. The number of nitrogens with zero attached hydrogens (tertiary/aromatic N) is 2. The second kappa shape index (κ2) is 12.4. The van der Waals surface area contributed by atoms with Gasteiger partial charge in [0.05, 0.1) is 18.5 Å². The fourth-order valence-corrected chi connectivity index (χ4v) is 9.06. The number of ether oxygens (including phenoxy) is 1. The number of nitrogens with one attached hydrogen (secondary N) is 1. The molecule has 45 heavy (non-hydrogen) atoms. The highest BCUT2D eigenvalue weighted by atomic mass is 16.8. The number of fused-ring (bicyclic) bond motifs is 5. The Morgan fingerprint density at radius 2 is 1.84 bits per heavy atom. The molecule has 0 spiro atoms. The van der Waals surface area contributed by atoms with E-state index in [1.165, 1.54) is 31.7 Å². The van der Waals surface area contributed by atoms with Gasteiger partial charge in [0, 0.05) is 11.8 Å². The number of oxime groups is 1. The Balaban J connectivity index is 1.20. The lowest BCUT2D eigenvalue weighted by Crippen LogP contribution is -2.57. The summed E-state index contributed by atoms with van der Waals surface area (Å²) >= 11 is 0. The number of rotatable bonds is 9. The van der Waals surface area contributed by atoms with Crippen molar-refractivity contribution >= 4 is 29.1 Å². The second-order valence-corrected chi connectivity index (χ2v) is 13.7. The van der Waals surface area contributed by atoms with Crippen LogP contribution in [0.1, 0.15) is 77.7 Å². The zero-order valence-corrected chi connectivity index (χ0v) is 26.4. The van der Waals surface area contributed by atoms with Gasteiger partial charge in [0.15, 0.2) is 12.4 Å². The molecule has 0 radical (unpaired) electrons. The SMILES string of the molecule is COC(=O)C(Cc1ccc([O-])c(N(O)O)c1)NC(=O)CON=C1C=C2CCC3C(CCC4(C)C3CCC4(O)C(C)=O)C2(C)CC1. The van der Waals surface area contributed by atoms with Gasteiger partial charge in [-0.2, -0.15) is 0 Å². The summed E-state index contributed by atoms with van der Waals surface area (Å²) in [5, 5.41) is 48.2. The highest BCUT2D eigenvalue weighted by Crippen LogP contribution is 2.67. The lowest BCUT2D eigenvalue weighted by Gasteiger charge is -2.59. The first kappa shape index (κ1) is 32.9. The first-order chi connectivity index (χ1) is 21.2. The number of hydrogen-bond donors (Lipinski definition) is 4. The smallest absolute Gasteiger partial charge is 0.328 e. The molecule has 246 valence electrons. The minimum atomic E-state index is -1.22. The van der Waals surface area contributed by atoms with Crippen LogP contribution in [0.4, 0.5) is 5.69 Å². The summed E-state index contributed by atoms with van der Waals surface area (Å²) in [5.41, 5.74) is 0.515. The average Bonchev–Trinajstić information content (AvgIpc) is 3.28. The Morgan fingerprint density at radius 3 is 2.53 bits per heavy atom. The summed E-state index contributed by atoms with van der Waals surface area (Å²) in [5.74, 6) is -0.760. The minimum absolute atomic E-state index is 0.0124. The van der Waals surface area contributed by atoms with Crippen LogP contribution in [0.5, 0.6) is 5.75 Å². The van der Waals surface area contributed by atoms with E-state index in [1.54, 1.807) is 0 Å². The van der Waals surface area contributed by atoms with Gasteiger partial charge in [0.2, 0.25) is 0 Å². The van der Waals surface area contributed by atoms with Gasteiger partial charge in [-0.15, -0.1) is 5.23 Å². The maximum Gasteiger partial charge on any atom is 0.328 e. The minimum Gasteiger partial charge on any atom is -0.871 e. The molecule has 12 heteroatoms. The highest BCUT2D eigenvalue weighted by Gasteiger charge is 2.65. The van der Waals surface area contributed by atoms with E-state index in [0.29, 0.717) is 36.2 Å². The van der Waals surface area contributed by atoms with Crippen LogP contribution < -0.4 is 15.6 Å². The van der Waals surface area contributed by atoms with Crippen molar-refractivity contribution in [2.24, 2.45) is 33.7 Å². The Bertz CT molecular complexity index is 1410. The molecule has 0 bridgehead atoms. The number of amides is 1.